The molecule has 2 rings (SSSR count). The Balaban J connectivity index is 1.80. The number of hydrogen-bond donors (Lipinski definition) is 2. The first kappa shape index (κ1) is 12.2. The van der Waals surface area contributed by atoms with Gasteiger partial charge in [-0.15, -0.1) is 0 Å². The number of phenolic OH excluding ortho intramolecular Hbond substituents is 1. The number of benzene rings is 1. The largest absolute Gasteiger partial charge is 0.504 e. The van der Waals surface area contributed by atoms with E-state index in [1.54, 1.807) is 19.2 Å². The third-order valence-electron chi connectivity index (χ3n) is 3.03. The maximum atomic E-state index is 9.63. The van der Waals surface area contributed by atoms with E-state index in [-0.39, 0.29) is 5.75 Å². The topological polar surface area (TPSA) is 50.7 Å². The van der Waals surface area contributed by atoms with Crippen molar-refractivity contribution in [1.82, 2.24) is 5.32 Å². The Bertz CT molecular complexity index is 362. The summed E-state index contributed by atoms with van der Waals surface area (Å²) in [5, 5.41) is 13.0. The van der Waals surface area contributed by atoms with E-state index < -0.39 is 0 Å². The minimum absolute atomic E-state index is 0.191. The fraction of sp³-hybridized carbons (Fsp3) is 0.538. The van der Waals surface area contributed by atoms with Crippen LogP contribution in [0.25, 0.3) is 0 Å². The van der Waals surface area contributed by atoms with Gasteiger partial charge in [0.05, 0.1) is 13.7 Å². The van der Waals surface area contributed by atoms with Crippen molar-refractivity contribution in [3.63, 3.8) is 0 Å². The van der Waals surface area contributed by atoms with Gasteiger partial charge in [0.2, 0.25) is 0 Å². The zero-order valence-corrected chi connectivity index (χ0v) is 10.1. The van der Waals surface area contributed by atoms with Crippen molar-refractivity contribution in [3.05, 3.63) is 23.8 Å². The number of methoxy groups -OCH3 is 1. The predicted molar refractivity (Wildman–Crippen MR) is 65.3 cm³/mol. The van der Waals surface area contributed by atoms with Crippen molar-refractivity contribution in [2.45, 2.75) is 13.0 Å². The molecule has 0 amide bonds. The summed E-state index contributed by atoms with van der Waals surface area (Å²) in [5.41, 5.74) is 1.06. The summed E-state index contributed by atoms with van der Waals surface area (Å²) in [6, 6.07) is 5.47. The van der Waals surface area contributed by atoms with E-state index in [2.05, 4.69) is 5.32 Å². The lowest BCUT2D eigenvalue weighted by atomic mass is 10.1. The van der Waals surface area contributed by atoms with Crippen LogP contribution in [0.15, 0.2) is 18.2 Å². The number of rotatable bonds is 5. The number of phenols is 1. The normalized spacial score (nSPS) is 19.5. The van der Waals surface area contributed by atoms with Crippen LogP contribution < -0.4 is 10.1 Å². The second kappa shape index (κ2) is 5.89. The van der Waals surface area contributed by atoms with Crippen molar-refractivity contribution >= 4 is 0 Å². The molecule has 17 heavy (non-hydrogen) atoms. The van der Waals surface area contributed by atoms with Gasteiger partial charge in [-0.1, -0.05) is 6.07 Å². The van der Waals surface area contributed by atoms with Gasteiger partial charge >= 0.3 is 0 Å². The second-order valence-electron chi connectivity index (χ2n) is 4.37. The maximum absolute atomic E-state index is 9.63. The summed E-state index contributed by atoms with van der Waals surface area (Å²) in [7, 11) is 1.55. The summed E-state index contributed by atoms with van der Waals surface area (Å²) in [6.45, 7) is 3.47. The fourth-order valence-corrected chi connectivity index (χ4v) is 2.01. The molecule has 0 aliphatic carbocycles. The van der Waals surface area contributed by atoms with Crippen molar-refractivity contribution in [2.24, 2.45) is 5.92 Å². The molecule has 0 spiro atoms. The molecule has 4 nitrogen and oxygen atoms in total. The van der Waals surface area contributed by atoms with Gasteiger partial charge in [0.25, 0.3) is 0 Å². The zero-order chi connectivity index (χ0) is 12.1. The van der Waals surface area contributed by atoms with Crippen molar-refractivity contribution in [3.8, 4) is 11.5 Å². The molecule has 1 fully saturated rings. The molecule has 0 saturated carbocycles. The summed E-state index contributed by atoms with van der Waals surface area (Å²) in [6.07, 6.45) is 1.14. The van der Waals surface area contributed by atoms with Gasteiger partial charge < -0.3 is 19.9 Å². The molecule has 1 unspecified atom stereocenters. The summed E-state index contributed by atoms with van der Waals surface area (Å²) in [5.74, 6) is 1.33. The van der Waals surface area contributed by atoms with Crippen molar-refractivity contribution in [1.29, 1.82) is 0 Å². The molecule has 1 aromatic carbocycles. The van der Waals surface area contributed by atoms with Gasteiger partial charge in [0.15, 0.2) is 11.5 Å². The highest BCUT2D eigenvalue weighted by Crippen LogP contribution is 2.26. The first-order valence-electron chi connectivity index (χ1n) is 5.94. The van der Waals surface area contributed by atoms with Gasteiger partial charge in [0.1, 0.15) is 0 Å². The first-order chi connectivity index (χ1) is 8.29. The molecule has 1 aliphatic heterocycles. The highest BCUT2D eigenvalue weighted by molar-refractivity contribution is 5.41. The van der Waals surface area contributed by atoms with Gasteiger partial charge in [0, 0.05) is 19.7 Å². The minimum atomic E-state index is 0.191. The van der Waals surface area contributed by atoms with Gasteiger partial charge in [-0.05, 0) is 30.0 Å². The summed E-state index contributed by atoms with van der Waals surface area (Å²) in [4.78, 5) is 0. The molecule has 0 bridgehead atoms. The molecule has 0 aromatic heterocycles. The van der Waals surface area contributed by atoms with E-state index in [0.717, 1.165) is 38.3 Å². The first-order valence-corrected chi connectivity index (χ1v) is 5.94. The Morgan fingerprint density at radius 2 is 2.41 bits per heavy atom. The van der Waals surface area contributed by atoms with Crippen LogP contribution in [0.5, 0.6) is 11.5 Å². The SMILES string of the molecule is COc1ccc(CNCC2CCOC2)cc1O. The third kappa shape index (κ3) is 3.35. The number of nitrogens with one attached hydrogen (secondary N) is 1. The van der Waals surface area contributed by atoms with Gasteiger partial charge in [-0.3, -0.25) is 0 Å². The summed E-state index contributed by atoms with van der Waals surface area (Å²) < 4.78 is 10.3. The highest BCUT2D eigenvalue weighted by Gasteiger charge is 2.14. The second-order valence-corrected chi connectivity index (χ2v) is 4.37. The van der Waals surface area contributed by atoms with Gasteiger partial charge in [-0.25, -0.2) is 0 Å². The molecule has 2 N–H and O–H groups in total. The zero-order valence-electron chi connectivity index (χ0n) is 10.1. The van der Waals surface area contributed by atoms with Crippen molar-refractivity contribution in [2.75, 3.05) is 26.9 Å². The molecule has 1 aliphatic rings. The van der Waals surface area contributed by atoms with Crippen LogP contribution in [0, 0.1) is 5.92 Å². The van der Waals surface area contributed by atoms with Crippen LogP contribution in [0.4, 0.5) is 0 Å². The lowest BCUT2D eigenvalue weighted by Crippen LogP contribution is -2.22. The van der Waals surface area contributed by atoms with E-state index in [1.165, 1.54) is 0 Å². The van der Waals surface area contributed by atoms with E-state index >= 15 is 0 Å². The quantitative estimate of drug-likeness (QED) is 0.815. The third-order valence-corrected chi connectivity index (χ3v) is 3.03. The Morgan fingerprint density at radius 1 is 1.53 bits per heavy atom. The fourth-order valence-electron chi connectivity index (χ4n) is 2.01. The van der Waals surface area contributed by atoms with E-state index in [1.807, 2.05) is 6.07 Å². The maximum Gasteiger partial charge on any atom is 0.160 e. The lowest BCUT2D eigenvalue weighted by molar-refractivity contribution is 0.185. The number of hydrogen-bond acceptors (Lipinski definition) is 4. The average Bonchev–Trinajstić information content (AvgIpc) is 2.82. The standard InChI is InChI=1S/C13H19NO3/c1-16-13-3-2-10(6-12(13)15)7-14-8-11-4-5-17-9-11/h2-3,6,11,14-15H,4-5,7-9H2,1H3. The number of ether oxygens (including phenoxy) is 2. The monoisotopic (exact) mass is 237 g/mol. The van der Waals surface area contributed by atoms with Gasteiger partial charge in [-0.2, -0.15) is 0 Å². The van der Waals surface area contributed by atoms with E-state index in [9.17, 15) is 5.11 Å². The smallest absolute Gasteiger partial charge is 0.160 e. The number of aromatic hydroxyl groups is 1. The Hall–Kier alpha value is -1.26. The Labute approximate surface area is 102 Å². The van der Waals surface area contributed by atoms with Crippen LogP contribution in [-0.2, 0) is 11.3 Å². The van der Waals surface area contributed by atoms with Crippen LogP contribution in [-0.4, -0.2) is 32.0 Å². The van der Waals surface area contributed by atoms with E-state index in [0.29, 0.717) is 11.7 Å². The molecule has 1 heterocycles. The molecule has 1 atom stereocenters. The van der Waals surface area contributed by atoms with E-state index in [4.69, 9.17) is 9.47 Å². The van der Waals surface area contributed by atoms with Crippen LogP contribution in [0.3, 0.4) is 0 Å². The molecule has 1 saturated heterocycles. The molecule has 1 aromatic rings. The Morgan fingerprint density at radius 3 is 3.06 bits per heavy atom. The molecule has 4 heteroatoms. The van der Waals surface area contributed by atoms with Crippen LogP contribution >= 0.6 is 0 Å². The van der Waals surface area contributed by atoms with Crippen LogP contribution in [0.1, 0.15) is 12.0 Å². The molecular formula is C13H19NO3. The average molecular weight is 237 g/mol. The summed E-state index contributed by atoms with van der Waals surface area (Å²) >= 11 is 0. The lowest BCUT2D eigenvalue weighted by Gasteiger charge is -2.10. The molecule has 0 radical (unpaired) electrons. The molecular weight excluding hydrogens is 218 g/mol. The highest BCUT2D eigenvalue weighted by atomic mass is 16.5. The van der Waals surface area contributed by atoms with Crippen molar-refractivity contribution < 1.29 is 14.6 Å². The molecule has 94 valence electrons. The van der Waals surface area contributed by atoms with Crippen LogP contribution in [0.2, 0.25) is 0 Å². The minimum Gasteiger partial charge on any atom is -0.504 e. The Kier molecular flexibility index (Phi) is 4.23. The predicted octanol–water partition coefficient (Wildman–Crippen LogP) is 1.53.